The number of ketones is 1. The van der Waals surface area contributed by atoms with Crippen molar-refractivity contribution in [3.05, 3.63) is 33.8 Å². The number of methoxy groups -OCH3 is 1. The zero-order valence-corrected chi connectivity index (χ0v) is 11.0. The number of carbonyl (C=O) groups excluding carboxylic acids is 1. The minimum Gasteiger partial charge on any atom is -0.370 e. The zero-order chi connectivity index (χ0) is 12.3. The first-order valence-corrected chi connectivity index (χ1v) is 5.75. The maximum atomic E-state index is 12.2. The van der Waals surface area contributed by atoms with Crippen molar-refractivity contribution in [2.45, 2.75) is 25.9 Å². The largest absolute Gasteiger partial charge is 0.370 e. The molecule has 1 unspecified atom stereocenters. The average molecular weight is 261 g/mol. The van der Waals surface area contributed by atoms with Gasteiger partial charge in [0.1, 0.15) is 5.60 Å². The van der Waals surface area contributed by atoms with Crippen LogP contribution >= 0.6 is 23.2 Å². The van der Waals surface area contributed by atoms with Gasteiger partial charge in [0.2, 0.25) is 0 Å². The maximum absolute atomic E-state index is 12.2. The summed E-state index contributed by atoms with van der Waals surface area (Å²) in [5, 5.41) is 0.883. The SMILES string of the molecule is CCC(C)(OC)C(=O)c1cc(Cl)ccc1Cl. The van der Waals surface area contributed by atoms with E-state index >= 15 is 0 Å². The molecule has 4 heteroatoms. The van der Waals surface area contributed by atoms with Gasteiger partial charge >= 0.3 is 0 Å². The lowest BCUT2D eigenvalue weighted by atomic mass is 9.92. The molecule has 0 aromatic heterocycles. The molecule has 0 aliphatic heterocycles. The minimum absolute atomic E-state index is 0.148. The summed E-state index contributed by atoms with van der Waals surface area (Å²) >= 11 is 11.8. The van der Waals surface area contributed by atoms with Crippen molar-refractivity contribution in [2.24, 2.45) is 0 Å². The van der Waals surface area contributed by atoms with Gasteiger partial charge < -0.3 is 4.74 Å². The van der Waals surface area contributed by atoms with E-state index in [-0.39, 0.29) is 5.78 Å². The molecule has 1 aromatic rings. The Labute approximate surface area is 106 Å². The fourth-order valence-electron chi connectivity index (χ4n) is 1.35. The maximum Gasteiger partial charge on any atom is 0.195 e. The first kappa shape index (κ1) is 13.5. The van der Waals surface area contributed by atoms with Crippen LogP contribution in [0.15, 0.2) is 18.2 Å². The van der Waals surface area contributed by atoms with Gasteiger partial charge in [-0.2, -0.15) is 0 Å². The lowest BCUT2D eigenvalue weighted by molar-refractivity contribution is 0.0106. The number of benzene rings is 1. The molecule has 1 aromatic carbocycles. The average Bonchev–Trinajstić information content (AvgIpc) is 2.30. The number of rotatable bonds is 4. The standard InChI is InChI=1S/C12H14Cl2O2/c1-4-12(2,16-3)11(15)9-7-8(13)5-6-10(9)14/h5-7H,4H2,1-3H3. The summed E-state index contributed by atoms with van der Waals surface area (Å²) in [4.78, 5) is 12.2. The van der Waals surface area contributed by atoms with Gasteiger partial charge in [-0.3, -0.25) is 4.79 Å². The third-order valence-corrected chi connectivity index (χ3v) is 3.34. The molecule has 0 aliphatic rings. The van der Waals surface area contributed by atoms with Crippen LogP contribution in [0.5, 0.6) is 0 Å². The highest BCUT2D eigenvalue weighted by Gasteiger charge is 2.33. The fraction of sp³-hybridized carbons (Fsp3) is 0.417. The van der Waals surface area contributed by atoms with Gasteiger partial charge in [0, 0.05) is 17.7 Å². The number of carbonyl (C=O) groups is 1. The molecule has 0 fully saturated rings. The predicted octanol–water partition coefficient (Wildman–Crippen LogP) is 3.99. The Bertz CT molecular complexity index is 398. The molecule has 0 saturated heterocycles. The van der Waals surface area contributed by atoms with Gasteiger partial charge in [0.05, 0.1) is 5.02 Å². The summed E-state index contributed by atoms with van der Waals surface area (Å²) in [6.07, 6.45) is 0.575. The Morgan fingerprint density at radius 1 is 1.44 bits per heavy atom. The Balaban J connectivity index is 3.18. The van der Waals surface area contributed by atoms with Crippen LogP contribution in [0, 0.1) is 0 Å². The summed E-state index contributed by atoms with van der Waals surface area (Å²) < 4.78 is 5.25. The van der Waals surface area contributed by atoms with Crippen LogP contribution in [-0.4, -0.2) is 18.5 Å². The third kappa shape index (κ3) is 2.57. The van der Waals surface area contributed by atoms with Crippen LogP contribution in [0.3, 0.4) is 0 Å². The van der Waals surface area contributed by atoms with Crippen LogP contribution in [0.1, 0.15) is 30.6 Å². The molecule has 0 radical (unpaired) electrons. The Hall–Kier alpha value is -0.570. The quantitative estimate of drug-likeness (QED) is 0.766. The van der Waals surface area contributed by atoms with E-state index in [2.05, 4.69) is 0 Å². The molecule has 88 valence electrons. The second-order valence-corrected chi connectivity index (χ2v) is 4.59. The van der Waals surface area contributed by atoms with Gasteiger partial charge in [-0.15, -0.1) is 0 Å². The van der Waals surface area contributed by atoms with E-state index in [1.54, 1.807) is 25.1 Å². The van der Waals surface area contributed by atoms with Crippen LogP contribution in [0.4, 0.5) is 0 Å². The minimum atomic E-state index is -0.853. The summed E-state index contributed by atoms with van der Waals surface area (Å²) in [5.41, 5.74) is -0.450. The summed E-state index contributed by atoms with van der Waals surface area (Å²) in [6.45, 7) is 3.63. The van der Waals surface area contributed by atoms with Gasteiger partial charge in [-0.1, -0.05) is 30.1 Å². The second kappa shape index (κ2) is 5.17. The van der Waals surface area contributed by atoms with Gasteiger partial charge in [0.15, 0.2) is 5.78 Å². The molecular formula is C12H14Cl2O2. The van der Waals surface area contributed by atoms with Gasteiger partial charge in [0.25, 0.3) is 0 Å². The lowest BCUT2D eigenvalue weighted by Gasteiger charge is -2.25. The lowest BCUT2D eigenvalue weighted by Crippen LogP contribution is -2.36. The predicted molar refractivity (Wildman–Crippen MR) is 66.5 cm³/mol. The number of halogens is 2. The van der Waals surface area contributed by atoms with E-state index in [1.165, 1.54) is 7.11 Å². The van der Waals surface area contributed by atoms with Gasteiger partial charge in [-0.05, 0) is 31.5 Å². The Kier molecular flexibility index (Phi) is 4.36. The van der Waals surface area contributed by atoms with E-state index in [9.17, 15) is 4.79 Å². The zero-order valence-electron chi connectivity index (χ0n) is 9.51. The monoisotopic (exact) mass is 260 g/mol. The molecule has 0 bridgehead atoms. The van der Waals surface area contributed by atoms with E-state index < -0.39 is 5.60 Å². The molecule has 0 saturated carbocycles. The molecule has 0 N–H and O–H groups in total. The van der Waals surface area contributed by atoms with Crippen molar-refractivity contribution in [3.8, 4) is 0 Å². The fourth-order valence-corrected chi connectivity index (χ4v) is 1.73. The van der Waals surface area contributed by atoms with E-state index in [4.69, 9.17) is 27.9 Å². The normalized spacial score (nSPS) is 14.6. The van der Waals surface area contributed by atoms with Crippen LogP contribution in [-0.2, 0) is 4.74 Å². The highest BCUT2D eigenvalue weighted by Crippen LogP contribution is 2.27. The molecule has 0 amide bonds. The molecule has 2 nitrogen and oxygen atoms in total. The first-order chi connectivity index (χ1) is 7.44. The Morgan fingerprint density at radius 3 is 2.56 bits per heavy atom. The van der Waals surface area contributed by atoms with Crippen molar-refractivity contribution in [1.82, 2.24) is 0 Å². The molecule has 0 spiro atoms. The van der Waals surface area contributed by atoms with Crippen LogP contribution in [0.25, 0.3) is 0 Å². The Morgan fingerprint density at radius 2 is 2.06 bits per heavy atom. The van der Waals surface area contributed by atoms with E-state index in [0.717, 1.165) is 0 Å². The first-order valence-electron chi connectivity index (χ1n) is 4.99. The topological polar surface area (TPSA) is 26.3 Å². The highest BCUT2D eigenvalue weighted by atomic mass is 35.5. The smallest absolute Gasteiger partial charge is 0.195 e. The second-order valence-electron chi connectivity index (χ2n) is 3.74. The number of hydrogen-bond acceptors (Lipinski definition) is 2. The van der Waals surface area contributed by atoms with E-state index in [0.29, 0.717) is 22.0 Å². The van der Waals surface area contributed by atoms with Crippen molar-refractivity contribution in [1.29, 1.82) is 0 Å². The third-order valence-electron chi connectivity index (χ3n) is 2.78. The molecule has 0 heterocycles. The van der Waals surface area contributed by atoms with Crippen molar-refractivity contribution >= 4 is 29.0 Å². The van der Waals surface area contributed by atoms with Crippen LogP contribution in [0.2, 0.25) is 10.0 Å². The van der Waals surface area contributed by atoms with Crippen molar-refractivity contribution < 1.29 is 9.53 Å². The number of Topliss-reactive ketones (excluding diaryl/α,β-unsaturated/α-hetero) is 1. The molecular weight excluding hydrogens is 247 g/mol. The summed E-state index contributed by atoms with van der Waals surface area (Å²) in [7, 11) is 1.51. The molecule has 16 heavy (non-hydrogen) atoms. The summed E-state index contributed by atoms with van der Waals surface area (Å²) in [6, 6.07) is 4.83. The summed E-state index contributed by atoms with van der Waals surface area (Å²) in [5.74, 6) is -0.148. The van der Waals surface area contributed by atoms with Crippen LogP contribution < -0.4 is 0 Å². The highest BCUT2D eigenvalue weighted by molar-refractivity contribution is 6.36. The molecule has 1 rings (SSSR count). The van der Waals surface area contributed by atoms with Gasteiger partial charge in [-0.25, -0.2) is 0 Å². The van der Waals surface area contributed by atoms with E-state index in [1.807, 2.05) is 6.92 Å². The van der Waals surface area contributed by atoms with Crippen molar-refractivity contribution in [2.75, 3.05) is 7.11 Å². The number of hydrogen-bond donors (Lipinski definition) is 0. The molecule has 1 atom stereocenters. The molecule has 0 aliphatic carbocycles. The number of ether oxygens (including phenoxy) is 1. The van der Waals surface area contributed by atoms with Crippen molar-refractivity contribution in [3.63, 3.8) is 0 Å².